The van der Waals surface area contributed by atoms with Crippen molar-refractivity contribution < 1.29 is 39.3 Å². The Kier molecular flexibility index (Phi) is 5.92. The van der Waals surface area contributed by atoms with E-state index >= 15 is 0 Å². The van der Waals surface area contributed by atoms with Crippen molar-refractivity contribution in [3.8, 4) is 11.5 Å². The molecular weight excluding hydrogens is 582 g/mol. The van der Waals surface area contributed by atoms with E-state index in [1.165, 1.54) is 18.2 Å². The van der Waals surface area contributed by atoms with Gasteiger partial charge in [-0.1, -0.05) is 27.6 Å². The molecule has 10 heteroatoms. The number of nitrogens with zero attached hydrogens (tertiary/aromatic N) is 1. The van der Waals surface area contributed by atoms with Crippen molar-refractivity contribution in [1.29, 1.82) is 0 Å². The molecule has 4 unspecified atom stereocenters. The minimum atomic E-state index is -1.35. The summed E-state index contributed by atoms with van der Waals surface area (Å²) in [5, 5.41) is 30.3. The van der Waals surface area contributed by atoms with Crippen molar-refractivity contribution in [2.24, 2.45) is 17.8 Å². The lowest BCUT2D eigenvalue weighted by Crippen LogP contribution is -2.39. The van der Waals surface area contributed by atoms with Gasteiger partial charge in [0.05, 0.1) is 17.5 Å². The van der Waals surface area contributed by atoms with E-state index in [-0.39, 0.29) is 58.1 Å². The minimum Gasteiger partial charge on any atom is -0.508 e. The molecule has 2 aromatic rings. The lowest BCUT2D eigenvalue weighted by molar-refractivity contribution is -0.123. The number of hydrogen-bond acceptors (Lipinski definition) is 7. The summed E-state index contributed by atoms with van der Waals surface area (Å²) in [7, 11) is 0. The monoisotopic (exact) mass is 603 g/mol. The van der Waals surface area contributed by atoms with E-state index in [1.807, 2.05) is 6.08 Å². The van der Waals surface area contributed by atoms with Crippen LogP contribution in [0.15, 0.2) is 75.3 Å². The SMILES string of the molecule is CC1=CC(=O)C2=C(CC3C(=CCC4C(=O)N(c5ccc(C(=O)O)c(O)c5)C(=O)C43)C2c2cc(Br)ccc2O)C1=O. The fourth-order valence-electron chi connectivity index (χ4n) is 6.59. The molecule has 2 aromatic carbocycles. The molecule has 3 aliphatic carbocycles. The highest BCUT2D eigenvalue weighted by atomic mass is 79.9. The summed E-state index contributed by atoms with van der Waals surface area (Å²) >= 11 is 3.42. The van der Waals surface area contributed by atoms with Crippen molar-refractivity contribution in [3.05, 3.63) is 86.4 Å². The first-order valence-corrected chi connectivity index (χ1v) is 13.4. The van der Waals surface area contributed by atoms with E-state index in [4.69, 9.17) is 0 Å². The van der Waals surface area contributed by atoms with Gasteiger partial charge in [-0.05, 0) is 62.1 Å². The number of benzene rings is 2. The molecular formula is C30H22BrNO8. The predicted molar refractivity (Wildman–Crippen MR) is 145 cm³/mol. The number of carboxylic acids is 1. The van der Waals surface area contributed by atoms with Crippen molar-refractivity contribution in [1.82, 2.24) is 0 Å². The molecule has 3 N–H and O–H groups in total. The summed E-state index contributed by atoms with van der Waals surface area (Å²) in [4.78, 5) is 66.4. The highest BCUT2D eigenvalue weighted by molar-refractivity contribution is 9.10. The molecule has 6 rings (SSSR count). The highest BCUT2D eigenvalue weighted by Crippen LogP contribution is 2.56. The molecule has 40 heavy (non-hydrogen) atoms. The number of phenols is 2. The average Bonchev–Trinajstić information content (AvgIpc) is 3.17. The number of ketones is 2. The van der Waals surface area contributed by atoms with E-state index in [2.05, 4.69) is 15.9 Å². The number of hydrogen-bond donors (Lipinski definition) is 3. The van der Waals surface area contributed by atoms with Crippen LogP contribution in [-0.2, 0) is 19.2 Å². The smallest absolute Gasteiger partial charge is 0.339 e. The topological polar surface area (TPSA) is 149 Å². The number of aromatic carboxylic acids is 1. The first kappa shape index (κ1) is 25.9. The van der Waals surface area contributed by atoms with Gasteiger partial charge in [0.2, 0.25) is 11.8 Å². The number of imide groups is 1. The number of fused-ring (bicyclic) bond motifs is 3. The molecule has 202 valence electrons. The van der Waals surface area contributed by atoms with Crippen LogP contribution < -0.4 is 4.90 Å². The van der Waals surface area contributed by atoms with Gasteiger partial charge in [0.15, 0.2) is 11.6 Å². The zero-order valence-corrected chi connectivity index (χ0v) is 22.6. The first-order valence-electron chi connectivity index (χ1n) is 12.6. The predicted octanol–water partition coefficient (Wildman–Crippen LogP) is 4.19. The third kappa shape index (κ3) is 3.70. The van der Waals surface area contributed by atoms with Crippen LogP contribution in [0.5, 0.6) is 11.5 Å². The van der Waals surface area contributed by atoms with Crippen LogP contribution in [0.2, 0.25) is 0 Å². The Hall–Kier alpha value is -4.31. The van der Waals surface area contributed by atoms with Crippen LogP contribution in [0.3, 0.4) is 0 Å². The van der Waals surface area contributed by atoms with Crippen LogP contribution in [0.4, 0.5) is 5.69 Å². The number of carbonyl (C=O) groups is 5. The molecule has 1 aliphatic heterocycles. The van der Waals surface area contributed by atoms with Crippen molar-refractivity contribution >= 4 is 51.0 Å². The molecule has 1 saturated heterocycles. The van der Waals surface area contributed by atoms with Gasteiger partial charge in [-0.2, -0.15) is 0 Å². The van der Waals surface area contributed by atoms with Crippen LogP contribution in [-0.4, -0.2) is 44.7 Å². The Balaban J connectivity index is 1.48. The highest BCUT2D eigenvalue weighted by Gasteiger charge is 2.57. The number of rotatable bonds is 3. The lowest BCUT2D eigenvalue weighted by atomic mass is 9.59. The van der Waals surface area contributed by atoms with E-state index in [1.54, 1.807) is 19.1 Å². The normalized spacial score (nSPS) is 25.8. The number of aromatic hydroxyl groups is 2. The van der Waals surface area contributed by atoms with Gasteiger partial charge < -0.3 is 15.3 Å². The van der Waals surface area contributed by atoms with Crippen LogP contribution in [0.25, 0.3) is 0 Å². The summed E-state index contributed by atoms with van der Waals surface area (Å²) < 4.78 is 0.656. The summed E-state index contributed by atoms with van der Waals surface area (Å²) in [6, 6.07) is 8.33. The quantitative estimate of drug-likeness (QED) is 0.268. The number of phenolic OH excluding ortho intramolecular Hbond substituents is 1. The van der Waals surface area contributed by atoms with E-state index in [0.29, 0.717) is 15.6 Å². The van der Waals surface area contributed by atoms with Gasteiger partial charge in [-0.15, -0.1) is 0 Å². The number of carbonyl (C=O) groups excluding carboxylic acids is 4. The average molecular weight is 604 g/mol. The summed E-state index contributed by atoms with van der Waals surface area (Å²) in [5.74, 6) is -6.64. The maximum atomic E-state index is 13.9. The fourth-order valence-corrected chi connectivity index (χ4v) is 6.97. The zero-order valence-electron chi connectivity index (χ0n) is 21.1. The van der Waals surface area contributed by atoms with Gasteiger partial charge in [-0.3, -0.25) is 19.2 Å². The molecule has 0 bridgehead atoms. The largest absolute Gasteiger partial charge is 0.508 e. The molecule has 0 radical (unpaired) electrons. The van der Waals surface area contributed by atoms with E-state index in [0.717, 1.165) is 17.0 Å². The molecule has 4 atom stereocenters. The number of anilines is 1. The van der Waals surface area contributed by atoms with Crippen molar-refractivity contribution in [2.45, 2.75) is 25.7 Å². The summed E-state index contributed by atoms with van der Waals surface area (Å²) in [6.45, 7) is 1.56. The zero-order chi connectivity index (χ0) is 28.6. The number of amides is 2. The van der Waals surface area contributed by atoms with Crippen molar-refractivity contribution in [2.75, 3.05) is 4.90 Å². The maximum Gasteiger partial charge on any atom is 0.339 e. The number of carboxylic acid groups (broad SMARTS) is 1. The molecule has 1 heterocycles. The molecule has 9 nitrogen and oxygen atoms in total. The maximum absolute atomic E-state index is 13.9. The molecule has 0 spiro atoms. The molecule has 0 saturated carbocycles. The Morgan fingerprint density at radius 2 is 1.73 bits per heavy atom. The van der Waals surface area contributed by atoms with Gasteiger partial charge in [0.25, 0.3) is 0 Å². The van der Waals surface area contributed by atoms with Gasteiger partial charge >= 0.3 is 5.97 Å². The molecule has 4 aliphatic rings. The molecule has 1 fully saturated rings. The second-order valence-corrected chi connectivity index (χ2v) is 11.4. The van der Waals surface area contributed by atoms with Crippen LogP contribution in [0, 0.1) is 17.8 Å². The Morgan fingerprint density at radius 1 is 0.975 bits per heavy atom. The standard InChI is InChI=1S/C30H22BrNO8/c1-12-8-23(35)26-20(27(12)36)11-18-15(24(26)19-9-13(31)2-7-21(19)33)5-6-17-25(18)29(38)32(28(17)37)14-3-4-16(30(39)40)22(34)10-14/h2-5,7-10,17-18,24-25,33-34H,6,11H2,1H3,(H,39,40). The second-order valence-electron chi connectivity index (χ2n) is 10.5. The van der Waals surface area contributed by atoms with Gasteiger partial charge in [-0.25, -0.2) is 9.69 Å². The summed E-state index contributed by atoms with van der Waals surface area (Å²) in [6.07, 6.45) is 3.42. The Morgan fingerprint density at radius 3 is 2.42 bits per heavy atom. The minimum absolute atomic E-state index is 0.0491. The summed E-state index contributed by atoms with van der Waals surface area (Å²) in [5.41, 5.74) is 1.62. The number of halogens is 1. The fraction of sp³-hybridized carbons (Fsp3) is 0.233. The first-order chi connectivity index (χ1) is 19.0. The van der Waals surface area contributed by atoms with E-state index in [9.17, 15) is 39.3 Å². The van der Waals surface area contributed by atoms with Crippen LogP contribution in [0.1, 0.15) is 41.6 Å². The third-order valence-corrected chi connectivity index (χ3v) is 8.83. The number of Topliss-reactive ketones (excluding diaryl/α,β-unsaturated/α-hetero) is 1. The lowest BCUT2D eigenvalue weighted by Gasteiger charge is -2.42. The van der Waals surface area contributed by atoms with Gasteiger partial charge in [0, 0.05) is 38.7 Å². The third-order valence-electron chi connectivity index (χ3n) is 8.33. The second kappa shape index (κ2) is 9.12. The van der Waals surface area contributed by atoms with Crippen molar-refractivity contribution in [3.63, 3.8) is 0 Å². The Bertz CT molecular complexity index is 1680. The molecule has 0 aromatic heterocycles. The molecule has 2 amide bonds. The van der Waals surface area contributed by atoms with Crippen LogP contribution >= 0.6 is 15.9 Å². The Labute approximate surface area is 236 Å². The van der Waals surface area contributed by atoms with Gasteiger partial charge in [0.1, 0.15) is 17.1 Å². The number of allylic oxidation sites excluding steroid dienone is 6. The van der Waals surface area contributed by atoms with E-state index < -0.39 is 47.2 Å².